The maximum atomic E-state index is 13.5. The standard InChI is InChI=1S/C15H19F2NO/c1-2-3-4-5-6-7-11-12-8-10(16)9-13(17)14(12)18-15(11)19/h8-9,11H,2-7H2,1H3,(H,18,19). The molecule has 0 spiro atoms. The molecule has 1 aliphatic rings. The molecule has 1 heterocycles. The smallest absolute Gasteiger partial charge is 0.232 e. The van der Waals surface area contributed by atoms with Gasteiger partial charge in [0.25, 0.3) is 0 Å². The van der Waals surface area contributed by atoms with E-state index in [0.717, 1.165) is 25.3 Å². The van der Waals surface area contributed by atoms with Gasteiger partial charge in [-0.25, -0.2) is 8.78 Å². The molecule has 0 radical (unpaired) electrons. The Morgan fingerprint density at radius 2 is 1.89 bits per heavy atom. The number of amides is 1. The van der Waals surface area contributed by atoms with Gasteiger partial charge in [0.05, 0.1) is 11.6 Å². The summed E-state index contributed by atoms with van der Waals surface area (Å²) in [5.74, 6) is -1.92. The largest absolute Gasteiger partial charge is 0.323 e. The molecule has 0 aromatic heterocycles. The Bertz CT molecular complexity index is 473. The van der Waals surface area contributed by atoms with Crippen LogP contribution in [0.25, 0.3) is 0 Å². The van der Waals surface area contributed by atoms with Gasteiger partial charge in [0.15, 0.2) is 0 Å². The molecule has 2 rings (SSSR count). The summed E-state index contributed by atoms with van der Waals surface area (Å²) < 4.78 is 26.8. The molecule has 1 aliphatic heterocycles. The fourth-order valence-corrected chi connectivity index (χ4v) is 2.59. The number of nitrogens with one attached hydrogen (secondary N) is 1. The summed E-state index contributed by atoms with van der Waals surface area (Å²) in [5.41, 5.74) is 0.628. The Labute approximate surface area is 112 Å². The van der Waals surface area contributed by atoms with E-state index in [-0.39, 0.29) is 11.6 Å². The Hall–Kier alpha value is -1.45. The van der Waals surface area contributed by atoms with E-state index in [2.05, 4.69) is 12.2 Å². The summed E-state index contributed by atoms with van der Waals surface area (Å²) >= 11 is 0. The molecule has 0 bridgehead atoms. The molecule has 1 atom stereocenters. The number of fused-ring (bicyclic) bond motifs is 1. The number of carbonyl (C=O) groups excluding carboxylic acids is 1. The summed E-state index contributed by atoms with van der Waals surface area (Å²) in [6.45, 7) is 2.15. The lowest BCUT2D eigenvalue weighted by Crippen LogP contribution is -2.12. The average Bonchev–Trinajstić information content (AvgIpc) is 2.67. The Morgan fingerprint density at radius 1 is 1.16 bits per heavy atom. The van der Waals surface area contributed by atoms with Crippen LogP contribution in [0.15, 0.2) is 12.1 Å². The summed E-state index contributed by atoms with van der Waals surface area (Å²) in [6, 6.07) is 2.08. The van der Waals surface area contributed by atoms with Crippen LogP contribution in [0.4, 0.5) is 14.5 Å². The summed E-state index contributed by atoms with van der Waals surface area (Å²) in [7, 11) is 0. The highest BCUT2D eigenvalue weighted by Gasteiger charge is 2.32. The fourth-order valence-electron chi connectivity index (χ4n) is 2.59. The Balaban J connectivity index is 2.01. The molecule has 0 saturated carbocycles. The molecule has 1 aromatic carbocycles. The van der Waals surface area contributed by atoms with Gasteiger partial charge in [-0.05, 0) is 18.1 Å². The number of anilines is 1. The zero-order valence-electron chi connectivity index (χ0n) is 11.1. The molecule has 19 heavy (non-hydrogen) atoms. The molecule has 1 amide bonds. The Kier molecular flexibility index (Phi) is 4.51. The summed E-state index contributed by atoms with van der Waals surface area (Å²) in [6.07, 6.45) is 6.14. The van der Waals surface area contributed by atoms with Crippen LogP contribution in [-0.4, -0.2) is 5.91 Å². The summed E-state index contributed by atoms with van der Waals surface area (Å²) in [5, 5.41) is 2.51. The van der Waals surface area contributed by atoms with Gasteiger partial charge in [-0.2, -0.15) is 0 Å². The molecule has 1 aromatic rings. The minimum absolute atomic E-state index is 0.157. The average molecular weight is 267 g/mol. The SMILES string of the molecule is CCCCCCCC1C(=O)Nc2c(F)cc(F)cc21. The van der Waals surface area contributed by atoms with E-state index >= 15 is 0 Å². The summed E-state index contributed by atoms with van der Waals surface area (Å²) in [4.78, 5) is 11.8. The van der Waals surface area contributed by atoms with Crippen molar-refractivity contribution in [3.8, 4) is 0 Å². The molecule has 0 aliphatic carbocycles. The van der Waals surface area contributed by atoms with Crippen LogP contribution in [0.3, 0.4) is 0 Å². The van der Waals surface area contributed by atoms with E-state index in [9.17, 15) is 13.6 Å². The maximum Gasteiger partial charge on any atom is 0.232 e. The van der Waals surface area contributed by atoms with Crippen molar-refractivity contribution in [1.82, 2.24) is 0 Å². The maximum absolute atomic E-state index is 13.5. The zero-order chi connectivity index (χ0) is 13.8. The van der Waals surface area contributed by atoms with Gasteiger partial charge in [-0.1, -0.05) is 39.0 Å². The van der Waals surface area contributed by atoms with E-state index < -0.39 is 17.6 Å². The second kappa shape index (κ2) is 6.13. The number of hydrogen-bond donors (Lipinski definition) is 1. The predicted octanol–water partition coefficient (Wildman–Crippen LogP) is 4.36. The zero-order valence-corrected chi connectivity index (χ0v) is 11.1. The predicted molar refractivity (Wildman–Crippen MR) is 71.1 cm³/mol. The molecule has 0 fully saturated rings. The van der Waals surface area contributed by atoms with Crippen molar-refractivity contribution in [3.05, 3.63) is 29.3 Å². The number of unbranched alkanes of at least 4 members (excludes halogenated alkanes) is 4. The number of benzene rings is 1. The van der Waals surface area contributed by atoms with Gasteiger partial charge in [-0.15, -0.1) is 0 Å². The first-order valence-corrected chi connectivity index (χ1v) is 6.93. The highest BCUT2D eigenvalue weighted by molar-refractivity contribution is 6.02. The van der Waals surface area contributed by atoms with Crippen molar-refractivity contribution >= 4 is 11.6 Å². The first-order valence-electron chi connectivity index (χ1n) is 6.93. The number of carbonyl (C=O) groups is 1. The van der Waals surface area contributed by atoms with Crippen LogP contribution in [-0.2, 0) is 4.79 Å². The van der Waals surface area contributed by atoms with Crippen molar-refractivity contribution < 1.29 is 13.6 Å². The van der Waals surface area contributed by atoms with Gasteiger partial charge in [0, 0.05) is 6.07 Å². The van der Waals surface area contributed by atoms with Crippen molar-refractivity contribution in [2.45, 2.75) is 51.4 Å². The lowest BCUT2D eigenvalue weighted by Gasteiger charge is -2.08. The Morgan fingerprint density at radius 3 is 2.63 bits per heavy atom. The van der Waals surface area contributed by atoms with Crippen molar-refractivity contribution in [3.63, 3.8) is 0 Å². The van der Waals surface area contributed by atoms with E-state index in [1.54, 1.807) is 0 Å². The fraction of sp³-hybridized carbons (Fsp3) is 0.533. The second-order valence-electron chi connectivity index (χ2n) is 5.10. The third-order valence-corrected chi connectivity index (χ3v) is 3.62. The van der Waals surface area contributed by atoms with Gasteiger partial charge in [-0.3, -0.25) is 4.79 Å². The van der Waals surface area contributed by atoms with Gasteiger partial charge < -0.3 is 5.32 Å². The molecule has 104 valence electrons. The van der Waals surface area contributed by atoms with Crippen LogP contribution in [0.1, 0.15) is 56.9 Å². The van der Waals surface area contributed by atoms with Crippen LogP contribution < -0.4 is 5.32 Å². The van der Waals surface area contributed by atoms with E-state index in [4.69, 9.17) is 0 Å². The van der Waals surface area contributed by atoms with Gasteiger partial charge in [0.2, 0.25) is 5.91 Å². The molecular weight excluding hydrogens is 248 g/mol. The van der Waals surface area contributed by atoms with Crippen LogP contribution in [0, 0.1) is 11.6 Å². The van der Waals surface area contributed by atoms with Crippen LogP contribution in [0.5, 0.6) is 0 Å². The van der Waals surface area contributed by atoms with E-state index in [1.807, 2.05) is 0 Å². The molecule has 1 N–H and O–H groups in total. The number of hydrogen-bond acceptors (Lipinski definition) is 1. The molecular formula is C15H19F2NO. The van der Waals surface area contributed by atoms with Crippen molar-refractivity contribution in [2.75, 3.05) is 5.32 Å². The second-order valence-corrected chi connectivity index (χ2v) is 5.10. The highest BCUT2D eigenvalue weighted by Crippen LogP contribution is 2.38. The number of halogens is 2. The third-order valence-electron chi connectivity index (χ3n) is 3.62. The van der Waals surface area contributed by atoms with Crippen molar-refractivity contribution in [2.24, 2.45) is 0 Å². The quantitative estimate of drug-likeness (QED) is 0.762. The van der Waals surface area contributed by atoms with Crippen LogP contribution >= 0.6 is 0 Å². The topological polar surface area (TPSA) is 29.1 Å². The molecule has 2 nitrogen and oxygen atoms in total. The van der Waals surface area contributed by atoms with Gasteiger partial charge >= 0.3 is 0 Å². The molecule has 0 saturated heterocycles. The van der Waals surface area contributed by atoms with Crippen LogP contribution in [0.2, 0.25) is 0 Å². The lowest BCUT2D eigenvalue weighted by molar-refractivity contribution is -0.117. The first kappa shape index (κ1) is 14.0. The lowest BCUT2D eigenvalue weighted by atomic mass is 9.94. The minimum Gasteiger partial charge on any atom is -0.323 e. The molecule has 4 heteroatoms. The first-order chi connectivity index (χ1) is 9.13. The number of rotatable bonds is 6. The normalized spacial score (nSPS) is 17.4. The molecule has 1 unspecified atom stereocenters. The van der Waals surface area contributed by atoms with Gasteiger partial charge in [0.1, 0.15) is 11.6 Å². The monoisotopic (exact) mass is 267 g/mol. The van der Waals surface area contributed by atoms with E-state index in [1.165, 1.54) is 18.9 Å². The van der Waals surface area contributed by atoms with E-state index in [0.29, 0.717) is 12.0 Å². The third kappa shape index (κ3) is 3.11. The highest BCUT2D eigenvalue weighted by atomic mass is 19.1. The van der Waals surface area contributed by atoms with Crippen molar-refractivity contribution in [1.29, 1.82) is 0 Å². The minimum atomic E-state index is -0.683.